The first-order chi connectivity index (χ1) is 11.8. The number of hydrogen-bond donors (Lipinski definition) is 2. The Hall–Kier alpha value is -2.38. The van der Waals surface area contributed by atoms with E-state index in [4.69, 9.17) is 17.3 Å². The molecule has 2 rings (SSSR count). The molecule has 130 valence electrons. The van der Waals surface area contributed by atoms with Crippen LogP contribution in [0, 0.1) is 5.82 Å². The summed E-state index contributed by atoms with van der Waals surface area (Å²) in [4.78, 5) is 34.5. The number of carbonyl (C=O) groups is 3. The van der Waals surface area contributed by atoms with Crippen LogP contribution in [0.15, 0.2) is 41.3 Å². The van der Waals surface area contributed by atoms with E-state index >= 15 is 0 Å². The molecule has 0 fully saturated rings. The summed E-state index contributed by atoms with van der Waals surface area (Å²) in [5, 5.41) is 2.72. The Morgan fingerprint density at radius 1 is 1.20 bits per heavy atom. The van der Waals surface area contributed by atoms with Crippen molar-refractivity contribution in [1.29, 1.82) is 0 Å². The van der Waals surface area contributed by atoms with Crippen LogP contribution in [-0.4, -0.2) is 23.4 Å². The minimum Gasteiger partial charge on any atom is -0.366 e. The molecule has 0 bridgehead atoms. The van der Waals surface area contributed by atoms with Crippen LogP contribution >= 0.6 is 23.4 Å². The van der Waals surface area contributed by atoms with Gasteiger partial charge in [-0.1, -0.05) is 17.7 Å². The molecule has 0 unspecified atom stereocenters. The number of hydrogen-bond acceptors (Lipinski definition) is 4. The summed E-state index contributed by atoms with van der Waals surface area (Å²) in [7, 11) is 0. The number of primary amides is 1. The van der Waals surface area contributed by atoms with E-state index in [1.807, 2.05) is 0 Å². The maximum atomic E-state index is 13.9. The molecule has 0 atom stereocenters. The Balaban J connectivity index is 1.98. The number of anilines is 1. The van der Waals surface area contributed by atoms with Crippen LogP contribution in [0.2, 0.25) is 5.02 Å². The first-order valence-corrected chi connectivity index (χ1v) is 8.46. The summed E-state index contributed by atoms with van der Waals surface area (Å²) >= 11 is 6.91. The fraction of sp³-hybridized carbons (Fsp3) is 0.118. The molecule has 25 heavy (non-hydrogen) atoms. The molecule has 0 heterocycles. The van der Waals surface area contributed by atoms with Gasteiger partial charge < -0.3 is 11.1 Å². The number of nitrogens with two attached hydrogens (primary N) is 1. The third-order valence-corrected chi connectivity index (χ3v) is 4.58. The standard InChI is InChI=1S/C17H14ClFN2O3S/c1-9(22)10-2-5-15(14(19)6-10)25-8-16(23)21-11-3-4-12(17(20)24)13(18)7-11/h2-7H,8H2,1H3,(H2,20,24)(H,21,23). The van der Waals surface area contributed by atoms with Crippen molar-refractivity contribution in [3.05, 3.63) is 58.4 Å². The second kappa shape index (κ2) is 8.13. The molecule has 0 radical (unpaired) electrons. The largest absolute Gasteiger partial charge is 0.366 e. The maximum absolute atomic E-state index is 13.9. The van der Waals surface area contributed by atoms with Crippen molar-refractivity contribution in [2.75, 3.05) is 11.1 Å². The Labute approximate surface area is 152 Å². The number of nitrogens with one attached hydrogen (secondary N) is 1. The molecule has 0 aliphatic heterocycles. The van der Waals surface area contributed by atoms with Crippen LogP contribution in [0.3, 0.4) is 0 Å². The van der Waals surface area contributed by atoms with Gasteiger partial charge in [-0.2, -0.15) is 0 Å². The van der Waals surface area contributed by atoms with Gasteiger partial charge in [0, 0.05) is 16.1 Å². The lowest BCUT2D eigenvalue weighted by molar-refractivity contribution is -0.113. The minimum atomic E-state index is -0.664. The van der Waals surface area contributed by atoms with Gasteiger partial charge in [0.1, 0.15) is 5.82 Å². The first kappa shape index (κ1) is 19.0. The summed E-state index contributed by atoms with van der Waals surface area (Å²) in [5.74, 6) is -1.86. The van der Waals surface area contributed by atoms with E-state index in [1.165, 1.54) is 37.3 Å². The molecule has 2 amide bonds. The molecule has 2 aromatic carbocycles. The van der Waals surface area contributed by atoms with E-state index in [1.54, 1.807) is 0 Å². The van der Waals surface area contributed by atoms with Gasteiger partial charge in [0.2, 0.25) is 11.8 Å². The Morgan fingerprint density at radius 2 is 1.92 bits per heavy atom. The predicted octanol–water partition coefficient (Wildman–Crippen LogP) is 3.51. The molecule has 0 spiro atoms. The van der Waals surface area contributed by atoms with Crippen molar-refractivity contribution < 1.29 is 18.8 Å². The molecule has 0 saturated carbocycles. The lowest BCUT2D eigenvalue weighted by Gasteiger charge is -2.08. The average molecular weight is 381 g/mol. The third-order valence-electron chi connectivity index (χ3n) is 3.22. The van der Waals surface area contributed by atoms with Gasteiger partial charge >= 0.3 is 0 Å². The number of benzene rings is 2. The highest BCUT2D eigenvalue weighted by Crippen LogP contribution is 2.24. The quantitative estimate of drug-likeness (QED) is 0.592. The van der Waals surface area contributed by atoms with E-state index in [-0.39, 0.29) is 38.5 Å². The molecule has 0 aliphatic rings. The van der Waals surface area contributed by atoms with E-state index in [0.717, 1.165) is 17.8 Å². The number of halogens is 2. The van der Waals surface area contributed by atoms with Gasteiger partial charge in [0.25, 0.3) is 0 Å². The number of carbonyl (C=O) groups excluding carboxylic acids is 3. The highest BCUT2D eigenvalue weighted by atomic mass is 35.5. The zero-order chi connectivity index (χ0) is 18.6. The zero-order valence-electron chi connectivity index (χ0n) is 13.1. The minimum absolute atomic E-state index is 0.0362. The third kappa shape index (κ3) is 5.04. The highest BCUT2D eigenvalue weighted by molar-refractivity contribution is 8.00. The smallest absolute Gasteiger partial charge is 0.250 e. The molecule has 8 heteroatoms. The first-order valence-electron chi connectivity index (χ1n) is 7.10. The fourth-order valence-electron chi connectivity index (χ4n) is 1.97. The number of ketones is 1. The summed E-state index contributed by atoms with van der Waals surface area (Å²) in [5.41, 5.74) is 5.97. The van der Waals surface area contributed by atoms with Crippen LogP contribution in [0.4, 0.5) is 10.1 Å². The van der Waals surface area contributed by atoms with Gasteiger partial charge in [-0.05, 0) is 37.3 Å². The van der Waals surface area contributed by atoms with Crippen molar-refractivity contribution in [1.82, 2.24) is 0 Å². The van der Waals surface area contributed by atoms with Gasteiger partial charge in [-0.25, -0.2) is 4.39 Å². The van der Waals surface area contributed by atoms with E-state index in [2.05, 4.69) is 5.32 Å². The maximum Gasteiger partial charge on any atom is 0.250 e. The van der Waals surface area contributed by atoms with Gasteiger partial charge in [-0.3, -0.25) is 14.4 Å². The van der Waals surface area contributed by atoms with Crippen molar-refractivity contribution in [3.63, 3.8) is 0 Å². The SMILES string of the molecule is CC(=O)c1ccc(SCC(=O)Nc2ccc(C(N)=O)c(Cl)c2)c(F)c1. The van der Waals surface area contributed by atoms with E-state index in [9.17, 15) is 18.8 Å². The zero-order valence-corrected chi connectivity index (χ0v) is 14.7. The molecule has 0 aliphatic carbocycles. The van der Waals surface area contributed by atoms with E-state index in [0.29, 0.717) is 5.69 Å². The van der Waals surface area contributed by atoms with Crippen LogP contribution < -0.4 is 11.1 Å². The predicted molar refractivity (Wildman–Crippen MR) is 95.7 cm³/mol. The van der Waals surface area contributed by atoms with Crippen LogP contribution in [0.5, 0.6) is 0 Å². The molecule has 2 aromatic rings. The van der Waals surface area contributed by atoms with E-state index < -0.39 is 11.7 Å². The van der Waals surface area contributed by atoms with Crippen molar-refractivity contribution in [3.8, 4) is 0 Å². The molecule has 0 saturated heterocycles. The summed E-state index contributed by atoms with van der Waals surface area (Å²) in [6.07, 6.45) is 0. The lowest BCUT2D eigenvalue weighted by atomic mass is 10.1. The molecular weight excluding hydrogens is 367 g/mol. The molecule has 5 nitrogen and oxygen atoms in total. The van der Waals surface area contributed by atoms with Crippen LogP contribution in [-0.2, 0) is 4.79 Å². The topological polar surface area (TPSA) is 89.3 Å². The monoisotopic (exact) mass is 380 g/mol. The van der Waals surface area contributed by atoms with Crippen molar-refractivity contribution >= 4 is 46.6 Å². The second-order valence-electron chi connectivity index (χ2n) is 5.10. The molecule has 0 aromatic heterocycles. The average Bonchev–Trinajstić information content (AvgIpc) is 2.53. The Kier molecular flexibility index (Phi) is 6.17. The van der Waals surface area contributed by atoms with Crippen LogP contribution in [0.25, 0.3) is 0 Å². The van der Waals surface area contributed by atoms with Crippen molar-refractivity contribution in [2.24, 2.45) is 5.73 Å². The Morgan fingerprint density at radius 3 is 2.48 bits per heavy atom. The van der Waals surface area contributed by atoms with Gasteiger partial charge in [0.15, 0.2) is 5.78 Å². The number of Topliss-reactive ketones (excluding diaryl/α,β-unsaturated/α-hetero) is 1. The number of thioether (sulfide) groups is 1. The highest BCUT2D eigenvalue weighted by Gasteiger charge is 2.11. The normalized spacial score (nSPS) is 10.4. The van der Waals surface area contributed by atoms with Gasteiger partial charge in [-0.15, -0.1) is 11.8 Å². The number of rotatable bonds is 6. The number of amides is 2. The van der Waals surface area contributed by atoms with Crippen LogP contribution in [0.1, 0.15) is 27.6 Å². The summed E-state index contributed by atoms with van der Waals surface area (Å²) < 4.78 is 13.9. The summed E-state index contributed by atoms with van der Waals surface area (Å²) in [6, 6.07) is 8.43. The lowest BCUT2D eigenvalue weighted by Crippen LogP contribution is -2.15. The molecule has 3 N–H and O–H groups in total. The second-order valence-corrected chi connectivity index (χ2v) is 6.52. The fourth-order valence-corrected chi connectivity index (χ4v) is 2.96. The van der Waals surface area contributed by atoms with Gasteiger partial charge in [0.05, 0.1) is 16.3 Å². The summed E-state index contributed by atoms with van der Waals surface area (Å²) in [6.45, 7) is 1.35. The van der Waals surface area contributed by atoms with Crippen molar-refractivity contribution in [2.45, 2.75) is 11.8 Å². The Bertz CT molecular complexity index is 858. The molecular formula is C17H14ClFN2O3S.